The summed E-state index contributed by atoms with van der Waals surface area (Å²) in [6, 6.07) is 7.35. The molecule has 1 heterocycles. The molecule has 0 aliphatic carbocycles. The first-order chi connectivity index (χ1) is 9.61. The highest BCUT2D eigenvalue weighted by molar-refractivity contribution is 9.10. The van der Waals surface area contributed by atoms with Crippen molar-refractivity contribution in [3.05, 3.63) is 40.4 Å². The van der Waals surface area contributed by atoms with E-state index in [1.807, 2.05) is 31.2 Å². The van der Waals surface area contributed by atoms with Crippen molar-refractivity contribution in [1.29, 1.82) is 0 Å². The van der Waals surface area contributed by atoms with Gasteiger partial charge in [-0.25, -0.2) is 0 Å². The van der Waals surface area contributed by atoms with Crippen LogP contribution < -0.4 is 5.32 Å². The van der Waals surface area contributed by atoms with Gasteiger partial charge in [0.1, 0.15) is 6.04 Å². The van der Waals surface area contributed by atoms with E-state index >= 15 is 0 Å². The van der Waals surface area contributed by atoms with E-state index in [4.69, 9.17) is 0 Å². The molecule has 1 unspecified atom stereocenters. The lowest BCUT2D eigenvalue weighted by atomic mass is 10.1. The lowest BCUT2D eigenvalue weighted by Gasteiger charge is -2.33. The molecule has 1 N–H and O–H groups in total. The van der Waals surface area contributed by atoms with Crippen molar-refractivity contribution < 1.29 is 9.59 Å². The maximum atomic E-state index is 12.2. The Morgan fingerprint density at radius 1 is 1.55 bits per heavy atom. The maximum absolute atomic E-state index is 12.2. The first-order valence-corrected chi connectivity index (χ1v) is 7.43. The first kappa shape index (κ1) is 14.8. The van der Waals surface area contributed by atoms with Gasteiger partial charge >= 0.3 is 0 Å². The number of carbonyl (C=O) groups excluding carboxylic acids is 2. The third-order valence-corrected chi connectivity index (χ3v) is 3.76. The van der Waals surface area contributed by atoms with Gasteiger partial charge in [0.15, 0.2) is 0 Å². The molecule has 1 saturated heterocycles. The molecular formula is C15H17BrN2O2. The Morgan fingerprint density at radius 2 is 2.35 bits per heavy atom. The van der Waals surface area contributed by atoms with Gasteiger partial charge in [0.05, 0.1) is 0 Å². The van der Waals surface area contributed by atoms with Crippen LogP contribution in [0.3, 0.4) is 0 Å². The smallest absolute Gasteiger partial charge is 0.247 e. The van der Waals surface area contributed by atoms with Gasteiger partial charge in [-0.2, -0.15) is 0 Å². The minimum Gasteiger partial charge on any atom is -0.353 e. The topological polar surface area (TPSA) is 49.4 Å². The van der Waals surface area contributed by atoms with Crippen LogP contribution in [0.1, 0.15) is 18.9 Å². The largest absolute Gasteiger partial charge is 0.353 e. The zero-order valence-corrected chi connectivity index (χ0v) is 12.9. The van der Waals surface area contributed by atoms with E-state index in [2.05, 4.69) is 21.2 Å². The highest BCUT2D eigenvalue weighted by Gasteiger charge is 2.30. The molecule has 1 aliphatic heterocycles. The Kier molecular flexibility index (Phi) is 4.95. The number of halogens is 1. The number of rotatable bonds is 3. The van der Waals surface area contributed by atoms with Crippen molar-refractivity contribution in [3.63, 3.8) is 0 Å². The van der Waals surface area contributed by atoms with Crippen LogP contribution in [0.4, 0.5) is 0 Å². The second-order valence-electron chi connectivity index (χ2n) is 4.64. The Bertz CT molecular complexity index is 542. The SMILES string of the molecule is CCC1C(=O)NCCN1C(=O)C=Cc1cccc(Br)c1. The third kappa shape index (κ3) is 3.48. The van der Waals surface area contributed by atoms with Crippen molar-refractivity contribution in [1.82, 2.24) is 10.2 Å². The van der Waals surface area contributed by atoms with Gasteiger partial charge in [-0.1, -0.05) is 35.0 Å². The predicted octanol–water partition coefficient (Wildman–Crippen LogP) is 2.20. The number of nitrogens with one attached hydrogen (secondary N) is 1. The van der Waals surface area contributed by atoms with Crippen LogP contribution in [0.15, 0.2) is 34.8 Å². The Balaban J connectivity index is 2.09. The number of benzene rings is 1. The standard InChI is InChI=1S/C15H17BrN2O2/c1-2-13-15(20)17-8-9-18(13)14(19)7-6-11-4-3-5-12(16)10-11/h3-7,10,13H,2,8-9H2,1H3,(H,17,20). The quantitative estimate of drug-likeness (QED) is 0.860. The zero-order valence-electron chi connectivity index (χ0n) is 11.3. The summed E-state index contributed by atoms with van der Waals surface area (Å²) in [5.41, 5.74) is 0.947. The van der Waals surface area contributed by atoms with Crippen LogP contribution in [0.2, 0.25) is 0 Å². The van der Waals surface area contributed by atoms with E-state index in [0.29, 0.717) is 19.5 Å². The molecule has 1 aromatic carbocycles. The van der Waals surface area contributed by atoms with E-state index in [9.17, 15) is 9.59 Å². The second kappa shape index (κ2) is 6.70. The van der Waals surface area contributed by atoms with Crippen LogP contribution in [0.25, 0.3) is 6.08 Å². The monoisotopic (exact) mass is 336 g/mol. The minimum atomic E-state index is -0.358. The van der Waals surface area contributed by atoms with Crippen molar-refractivity contribution in [3.8, 4) is 0 Å². The van der Waals surface area contributed by atoms with Gasteiger partial charge in [0, 0.05) is 23.6 Å². The third-order valence-electron chi connectivity index (χ3n) is 3.27. The molecule has 1 aromatic rings. The molecule has 2 rings (SSSR count). The molecule has 5 heteroatoms. The van der Waals surface area contributed by atoms with Crippen molar-refractivity contribution in [2.75, 3.05) is 13.1 Å². The van der Waals surface area contributed by atoms with E-state index in [1.165, 1.54) is 6.08 Å². The molecular weight excluding hydrogens is 320 g/mol. The Hall–Kier alpha value is -1.62. The Morgan fingerprint density at radius 3 is 3.05 bits per heavy atom. The fraction of sp³-hybridized carbons (Fsp3) is 0.333. The molecule has 0 radical (unpaired) electrons. The number of hydrogen-bond acceptors (Lipinski definition) is 2. The van der Waals surface area contributed by atoms with Gasteiger partial charge in [-0.05, 0) is 30.2 Å². The lowest BCUT2D eigenvalue weighted by molar-refractivity contribution is -0.140. The predicted molar refractivity (Wildman–Crippen MR) is 82.0 cm³/mol. The number of amides is 2. The molecule has 1 atom stereocenters. The summed E-state index contributed by atoms with van der Waals surface area (Å²) in [5.74, 6) is -0.186. The fourth-order valence-electron chi connectivity index (χ4n) is 2.26. The molecule has 0 spiro atoms. The van der Waals surface area contributed by atoms with Crippen LogP contribution in [0.5, 0.6) is 0 Å². The van der Waals surface area contributed by atoms with E-state index in [-0.39, 0.29) is 17.9 Å². The van der Waals surface area contributed by atoms with Gasteiger partial charge < -0.3 is 10.2 Å². The summed E-state index contributed by atoms with van der Waals surface area (Å²) in [7, 11) is 0. The molecule has 0 saturated carbocycles. The summed E-state index contributed by atoms with van der Waals surface area (Å²) in [6.45, 7) is 2.99. The maximum Gasteiger partial charge on any atom is 0.247 e. The average molecular weight is 337 g/mol. The van der Waals surface area contributed by atoms with E-state index < -0.39 is 0 Å². The summed E-state index contributed by atoms with van der Waals surface area (Å²) in [4.78, 5) is 25.6. The van der Waals surface area contributed by atoms with Crippen LogP contribution in [-0.4, -0.2) is 35.8 Å². The second-order valence-corrected chi connectivity index (χ2v) is 5.55. The molecule has 0 aromatic heterocycles. The van der Waals surface area contributed by atoms with Gasteiger partial charge in [0.25, 0.3) is 0 Å². The first-order valence-electron chi connectivity index (χ1n) is 6.63. The lowest BCUT2D eigenvalue weighted by Crippen LogP contribution is -2.56. The highest BCUT2D eigenvalue weighted by Crippen LogP contribution is 2.14. The Labute approximate surface area is 127 Å². The van der Waals surface area contributed by atoms with Gasteiger partial charge in [0.2, 0.25) is 11.8 Å². The summed E-state index contributed by atoms with van der Waals surface area (Å²) >= 11 is 3.39. The molecule has 0 bridgehead atoms. The number of carbonyl (C=O) groups is 2. The molecule has 1 aliphatic rings. The van der Waals surface area contributed by atoms with Gasteiger partial charge in [-0.15, -0.1) is 0 Å². The number of nitrogens with zero attached hydrogens (tertiary/aromatic N) is 1. The highest BCUT2D eigenvalue weighted by atomic mass is 79.9. The van der Waals surface area contributed by atoms with Crippen molar-refractivity contribution in [2.45, 2.75) is 19.4 Å². The van der Waals surface area contributed by atoms with Gasteiger partial charge in [-0.3, -0.25) is 9.59 Å². The minimum absolute atomic E-state index is 0.0667. The van der Waals surface area contributed by atoms with E-state index in [0.717, 1.165) is 10.0 Å². The molecule has 106 valence electrons. The van der Waals surface area contributed by atoms with Crippen LogP contribution in [-0.2, 0) is 9.59 Å². The summed E-state index contributed by atoms with van der Waals surface area (Å²) in [6.07, 6.45) is 3.93. The van der Waals surface area contributed by atoms with E-state index in [1.54, 1.807) is 11.0 Å². The molecule has 1 fully saturated rings. The average Bonchev–Trinajstić information content (AvgIpc) is 2.44. The summed E-state index contributed by atoms with van der Waals surface area (Å²) < 4.78 is 0.968. The summed E-state index contributed by atoms with van der Waals surface area (Å²) in [5, 5.41) is 2.79. The van der Waals surface area contributed by atoms with Crippen molar-refractivity contribution in [2.24, 2.45) is 0 Å². The normalized spacial score (nSPS) is 19.2. The number of piperazine rings is 1. The number of hydrogen-bond donors (Lipinski definition) is 1. The van der Waals surface area contributed by atoms with Crippen LogP contribution >= 0.6 is 15.9 Å². The molecule has 4 nitrogen and oxygen atoms in total. The van der Waals surface area contributed by atoms with Crippen LogP contribution in [0, 0.1) is 0 Å². The fourth-order valence-corrected chi connectivity index (χ4v) is 2.67. The molecule has 20 heavy (non-hydrogen) atoms. The van der Waals surface area contributed by atoms with Crippen molar-refractivity contribution >= 4 is 33.8 Å². The molecule has 2 amide bonds. The zero-order chi connectivity index (χ0) is 14.5.